The Labute approximate surface area is 78.4 Å². The molecule has 2 rings (SSSR count). The lowest BCUT2D eigenvalue weighted by Crippen LogP contribution is -2.23. The van der Waals surface area contributed by atoms with Gasteiger partial charge >= 0.3 is 0 Å². The van der Waals surface area contributed by atoms with E-state index in [1.165, 1.54) is 25.7 Å². The lowest BCUT2D eigenvalue weighted by Gasteiger charge is -2.17. The molecule has 1 aliphatic rings. The fourth-order valence-electron chi connectivity index (χ4n) is 2.10. The van der Waals surface area contributed by atoms with E-state index >= 15 is 0 Å². The summed E-state index contributed by atoms with van der Waals surface area (Å²) < 4.78 is 1.95. The van der Waals surface area contributed by atoms with Crippen molar-refractivity contribution >= 4 is 0 Å². The van der Waals surface area contributed by atoms with Crippen LogP contribution in [0.2, 0.25) is 0 Å². The van der Waals surface area contributed by atoms with Crippen molar-refractivity contribution in [2.45, 2.75) is 38.3 Å². The number of rotatable bonds is 3. The fraction of sp³-hybridized carbons (Fsp3) is 0.700. The Kier molecular flexibility index (Phi) is 2.64. The monoisotopic (exact) mass is 180 g/mol. The summed E-state index contributed by atoms with van der Waals surface area (Å²) in [7, 11) is 0. The Morgan fingerprint density at radius 1 is 1.46 bits per heavy atom. The standard InChI is InChI=1S/C10H16N2O/c13-10(9-3-1-2-4-9)7-12-6-5-11-8-12/h5-6,8-10,13H,1-4,7H2. The van der Waals surface area contributed by atoms with Crippen molar-refractivity contribution in [3.8, 4) is 0 Å². The maximum atomic E-state index is 9.87. The molecular weight excluding hydrogens is 164 g/mol. The Morgan fingerprint density at radius 3 is 2.85 bits per heavy atom. The summed E-state index contributed by atoms with van der Waals surface area (Å²) >= 11 is 0. The second-order valence-corrected chi connectivity index (χ2v) is 3.87. The highest BCUT2D eigenvalue weighted by atomic mass is 16.3. The van der Waals surface area contributed by atoms with E-state index in [2.05, 4.69) is 4.98 Å². The molecule has 3 nitrogen and oxygen atoms in total. The predicted molar refractivity (Wildman–Crippen MR) is 50.2 cm³/mol. The largest absolute Gasteiger partial charge is 0.391 e. The van der Waals surface area contributed by atoms with Gasteiger partial charge in [-0.15, -0.1) is 0 Å². The van der Waals surface area contributed by atoms with Gasteiger partial charge in [0, 0.05) is 18.9 Å². The molecular formula is C10H16N2O. The Hall–Kier alpha value is -0.830. The quantitative estimate of drug-likeness (QED) is 0.764. The van der Waals surface area contributed by atoms with Crippen molar-refractivity contribution in [2.24, 2.45) is 5.92 Å². The molecule has 1 atom stereocenters. The van der Waals surface area contributed by atoms with Gasteiger partial charge < -0.3 is 9.67 Å². The van der Waals surface area contributed by atoms with Crippen LogP contribution < -0.4 is 0 Å². The number of aliphatic hydroxyl groups is 1. The van der Waals surface area contributed by atoms with Gasteiger partial charge in [-0.2, -0.15) is 0 Å². The van der Waals surface area contributed by atoms with Gasteiger partial charge in [-0.1, -0.05) is 12.8 Å². The minimum atomic E-state index is -0.184. The molecule has 1 unspecified atom stereocenters. The molecule has 0 spiro atoms. The highest BCUT2D eigenvalue weighted by Crippen LogP contribution is 2.28. The molecule has 13 heavy (non-hydrogen) atoms. The molecule has 1 saturated carbocycles. The van der Waals surface area contributed by atoms with Crippen LogP contribution in [0.5, 0.6) is 0 Å². The molecule has 72 valence electrons. The number of hydrogen-bond acceptors (Lipinski definition) is 2. The van der Waals surface area contributed by atoms with Crippen LogP contribution >= 0.6 is 0 Å². The SMILES string of the molecule is OC(Cn1ccnc1)C1CCCC1. The van der Waals surface area contributed by atoms with E-state index in [-0.39, 0.29) is 6.10 Å². The van der Waals surface area contributed by atoms with Crippen molar-refractivity contribution in [3.05, 3.63) is 18.7 Å². The van der Waals surface area contributed by atoms with Gasteiger partial charge in [0.1, 0.15) is 0 Å². The van der Waals surface area contributed by atoms with Crippen molar-refractivity contribution in [2.75, 3.05) is 0 Å². The first-order valence-corrected chi connectivity index (χ1v) is 5.00. The average molecular weight is 180 g/mol. The minimum absolute atomic E-state index is 0.184. The van der Waals surface area contributed by atoms with Crippen LogP contribution in [-0.4, -0.2) is 20.8 Å². The van der Waals surface area contributed by atoms with Gasteiger partial charge in [0.15, 0.2) is 0 Å². The summed E-state index contributed by atoms with van der Waals surface area (Å²) in [5.74, 6) is 0.516. The predicted octanol–water partition coefficient (Wildman–Crippen LogP) is 1.43. The lowest BCUT2D eigenvalue weighted by atomic mass is 10.0. The van der Waals surface area contributed by atoms with E-state index in [9.17, 15) is 5.11 Å². The number of hydrogen-bond donors (Lipinski definition) is 1. The van der Waals surface area contributed by atoms with Crippen molar-refractivity contribution in [1.29, 1.82) is 0 Å². The van der Waals surface area contributed by atoms with Gasteiger partial charge in [-0.25, -0.2) is 4.98 Å². The summed E-state index contributed by atoms with van der Waals surface area (Å²) in [6, 6.07) is 0. The van der Waals surface area contributed by atoms with Crippen LogP contribution in [0.25, 0.3) is 0 Å². The number of imidazole rings is 1. The van der Waals surface area contributed by atoms with E-state index < -0.39 is 0 Å². The zero-order chi connectivity index (χ0) is 9.10. The summed E-state index contributed by atoms with van der Waals surface area (Å²) in [5, 5.41) is 9.87. The highest BCUT2D eigenvalue weighted by molar-refractivity contribution is 4.79. The second-order valence-electron chi connectivity index (χ2n) is 3.87. The zero-order valence-corrected chi connectivity index (χ0v) is 7.76. The highest BCUT2D eigenvalue weighted by Gasteiger charge is 2.22. The first kappa shape index (κ1) is 8.75. The smallest absolute Gasteiger partial charge is 0.0946 e. The Morgan fingerprint density at radius 2 is 2.23 bits per heavy atom. The van der Waals surface area contributed by atoms with Crippen molar-refractivity contribution in [3.63, 3.8) is 0 Å². The molecule has 3 heteroatoms. The molecule has 1 aromatic heterocycles. The number of aliphatic hydroxyl groups excluding tert-OH is 1. The van der Waals surface area contributed by atoms with E-state index in [4.69, 9.17) is 0 Å². The summed E-state index contributed by atoms with van der Waals surface area (Å²) in [6.07, 6.45) is 10.2. The van der Waals surface area contributed by atoms with Gasteiger partial charge in [0.25, 0.3) is 0 Å². The van der Waals surface area contributed by atoms with E-state index in [1.54, 1.807) is 12.5 Å². The van der Waals surface area contributed by atoms with Crippen molar-refractivity contribution < 1.29 is 5.11 Å². The molecule has 0 bridgehead atoms. The van der Waals surface area contributed by atoms with Gasteiger partial charge in [0.05, 0.1) is 12.4 Å². The molecule has 0 aromatic carbocycles. The molecule has 1 heterocycles. The van der Waals surface area contributed by atoms with Crippen LogP contribution in [0, 0.1) is 5.92 Å². The third kappa shape index (κ3) is 2.10. The van der Waals surface area contributed by atoms with E-state index in [1.807, 2.05) is 10.8 Å². The van der Waals surface area contributed by atoms with Crippen molar-refractivity contribution in [1.82, 2.24) is 9.55 Å². The van der Waals surface area contributed by atoms with Crippen LogP contribution in [0.3, 0.4) is 0 Å². The zero-order valence-electron chi connectivity index (χ0n) is 7.76. The molecule has 1 fully saturated rings. The molecule has 1 aliphatic carbocycles. The summed E-state index contributed by atoms with van der Waals surface area (Å²) in [4.78, 5) is 3.95. The van der Waals surface area contributed by atoms with Crippen LogP contribution in [0.15, 0.2) is 18.7 Å². The molecule has 0 radical (unpaired) electrons. The maximum absolute atomic E-state index is 9.87. The molecule has 0 aliphatic heterocycles. The molecule has 1 aromatic rings. The van der Waals surface area contributed by atoms with Gasteiger partial charge in [0.2, 0.25) is 0 Å². The minimum Gasteiger partial charge on any atom is -0.391 e. The third-order valence-corrected chi connectivity index (χ3v) is 2.90. The first-order valence-electron chi connectivity index (χ1n) is 5.00. The van der Waals surface area contributed by atoms with E-state index in [0.29, 0.717) is 12.5 Å². The lowest BCUT2D eigenvalue weighted by molar-refractivity contribution is 0.0930. The van der Waals surface area contributed by atoms with E-state index in [0.717, 1.165) is 0 Å². The normalized spacial score (nSPS) is 20.7. The Balaban J connectivity index is 1.87. The summed E-state index contributed by atoms with van der Waals surface area (Å²) in [5.41, 5.74) is 0. The van der Waals surface area contributed by atoms with Crippen LogP contribution in [0.1, 0.15) is 25.7 Å². The second kappa shape index (κ2) is 3.92. The summed E-state index contributed by atoms with van der Waals surface area (Å²) in [6.45, 7) is 0.699. The van der Waals surface area contributed by atoms with Gasteiger partial charge in [-0.05, 0) is 18.8 Å². The molecule has 0 saturated heterocycles. The van der Waals surface area contributed by atoms with Gasteiger partial charge in [-0.3, -0.25) is 0 Å². The topological polar surface area (TPSA) is 38.0 Å². The number of aromatic nitrogens is 2. The fourth-order valence-corrected chi connectivity index (χ4v) is 2.10. The Bertz CT molecular complexity index is 239. The average Bonchev–Trinajstić information content (AvgIpc) is 2.74. The van der Waals surface area contributed by atoms with Crippen LogP contribution in [0.4, 0.5) is 0 Å². The number of nitrogens with zero attached hydrogens (tertiary/aromatic N) is 2. The first-order chi connectivity index (χ1) is 6.36. The third-order valence-electron chi connectivity index (χ3n) is 2.90. The molecule has 1 N–H and O–H groups in total. The molecule has 0 amide bonds. The maximum Gasteiger partial charge on any atom is 0.0946 e. The van der Waals surface area contributed by atoms with Crippen LogP contribution in [-0.2, 0) is 6.54 Å².